The monoisotopic (exact) mass is 274 g/mol. The van der Waals surface area contributed by atoms with Crippen molar-refractivity contribution in [2.24, 2.45) is 0 Å². The Balaban J connectivity index is 0.000000240. The molecule has 0 spiro atoms. The molecular weight excluding hydrogens is 248 g/mol. The van der Waals surface area contributed by atoms with Crippen LogP contribution in [0.25, 0.3) is 0 Å². The summed E-state index contributed by atoms with van der Waals surface area (Å²) in [5, 5.41) is 0. The summed E-state index contributed by atoms with van der Waals surface area (Å²) in [6.45, 7) is 4.10. The molecule has 0 radical (unpaired) electrons. The van der Waals surface area contributed by atoms with Gasteiger partial charge in [-0.25, -0.2) is 0 Å². The third-order valence-electron chi connectivity index (χ3n) is 3.45. The molecule has 0 N–H and O–H groups in total. The Morgan fingerprint density at radius 1 is 1.30 bits per heavy atom. The highest BCUT2D eigenvalue weighted by atomic mass is 16.5. The zero-order chi connectivity index (χ0) is 14.8. The molecule has 0 amide bonds. The normalized spacial score (nSPS) is 13.8. The fourth-order valence-electron chi connectivity index (χ4n) is 2.13. The summed E-state index contributed by atoms with van der Waals surface area (Å²) < 4.78 is 5.06. The van der Waals surface area contributed by atoms with Crippen molar-refractivity contribution in [1.29, 1.82) is 0 Å². The zero-order valence-corrected chi connectivity index (χ0v) is 12.9. The second-order valence-electron chi connectivity index (χ2n) is 5.22. The molecule has 0 fully saturated rings. The number of hydrogen-bond donors (Lipinski definition) is 0. The summed E-state index contributed by atoms with van der Waals surface area (Å²) in [7, 11) is 1.63. The van der Waals surface area contributed by atoms with E-state index in [0.717, 1.165) is 11.3 Å². The third kappa shape index (κ3) is 6.55. The molecule has 1 aromatic carbocycles. The molecule has 0 heterocycles. The van der Waals surface area contributed by atoms with Crippen LogP contribution < -0.4 is 4.74 Å². The lowest BCUT2D eigenvalue weighted by Crippen LogP contribution is -2.00. The number of rotatable bonds is 4. The van der Waals surface area contributed by atoms with Crippen molar-refractivity contribution < 1.29 is 9.53 Å². The van der Waals surface area contributed by atoms with E-state index in [1.54, 1.807) is 12.7 Å². The molecule has 0 bridgehead atoms. The van der Waals surface area contributed by atoms with Crippen LogP contribution in [0.5, 0.6) is 5.75 Å². The molecule has 2 heteroatoms. The molecule has 110 valence electrons. The summed E-state index contributed by atoms with van der Waals surface area (Å²) >= 11 is 0. The zero-order valence-electron chi connectivity index (χ0n) is 12.9. The van der Waals surface area contributed by atoms with E-state index in [-0.39, 0.29) is 5.78 Å². The van der Waals surface area contributed by atoms with Crippen LogP contribution in [0.3, 0.4) is 0 Å². The summed E-state index contributed by atoms with van der Waals surface area (Å²) in [4.78, 5) is 11.1. The number of allylic oxidation sites excluding steroid dienone is 2. The highest BCUT2D eigenvalue weighted by molar-refractivity contribution is 5.80. The van der Waals surface area contributed by atoms with Crippen molar-refractivity contribution in [3.05, 3.63) is 41.5 Å². The van der Waals surface area contributed by atoms with Crippen molar-refractivity contribution >= 4 is 5.78 Å². The van der Waals surface area contributed by atoms with Crippen LogP contribution in [0.15, 0.2) is 35.9 Å². The van der Waals surface area contributed by atoms with E-state index in [0.29, 0.717) is 12.8 Å². The molecule has 2 nitrogen and oxygen atoms in total. The van der Waals surface area contributed by atoms with Crippen molar-refractivity contribution in [3.63, 3.8) is 0 Å². The minimum absolute atomic E-state index is 0.258. The van der Waals surface area contributed by atoms with E-state index < -0.39 is 0 Å². The minimum atomic E-state index is 0.258. The lowest BCUT2D eigenvalue weighted by atomic mass is 10.0. The smallest absolute Gasteiger partial charge is 0.136 e. The van der Waals surface area contributed by atoms with Gasteiger partial charge in [-0.15, -0.1) is 0 Å². The first kappa shape index (κ1) is 16.5. The van der Waals surface area contributed by atoms with Crippen LogP contribution in [0, 0.1) is 0 Å². The first-order valence-corrected chi connectivity index (χ1v) is 7.46. The van der Waals surface area contributed by atoms with Crippen molar-refractivity contribution in [2.45, 2.75) is 52.4 Å². The lowest BCUT2D eigenvalue weighted by molar-refractivity contribution is -0.118. The van der Waals surface area contributed by atoms with Crippen LogP contribution in [0.2, 0.25) is 0 Å². The summed E-state index contributed by atoms with van der Waals surface area (Å²) in [6.07, 6.45) is 8.96. The largest absolute Gasteiger partial charge is 0.497 e. The second kappa shape index (κ2) is 9.35. The molecule has 0 unspecified atom stereocenters. The fraction of sp³-hybridized carbons (Fsp3) is 0.500. The lowest BCUT2D eigenvalue weighted by Gasteiger charge is -2.05. The average Bonchev–Trinajstić information content (AvgIpc) is 2.49. The van der Waals surface area contributed by atoms with Crippen molar-refractivity contribution in [3.8, 4) is 5.75 Å². The highest BCUT2D eigenvalue weighted by Gasteiger charge is 2.01. The van der Waals surface area contributed by atoms with E-state index in [2.05, 4.69) is 13.0 Å². The number of methoxy groups -OCH3 is 1. The van der Waals surface area contributed by atoms with Gasteiger partial charge in [0.2, 0.25) is 0 Å². The molecule has 0 aromatic heterocycles. The number of benzene rings is 1. The summed E-state index contributed by atoms with van der Waals surface area (Å²) in [6, 6.07) is 7.61. The van der Waals surface area contributed by atoms with Gasteiger partial charge in [-0.2, -0.15) is 0 Å². The Kier molecular flexibility index (Phi) is 7.71. The Hall–Kier alpha value is -1.57. The van der Waals surface area contributed by atoms with Gasteiger partial charge in [-0.1, -0.05) is 30.7 Å². The molecule has 2 rings (SSSR count). The van der Waals surface area contributed by atoms with E-state index in [1.165, 1.54) is 25.7 Å². The molecule has 0 saturated carbocycles. The third-order valence-corrected chi connectivity index (χ3v) is 3.45. The first-order chi connectivity index (χ1) is 9.65. The van der Waals surface area contributed by atoms with Crippen LogP contribution >= 0.6 is 0 Å². The second-order valence-corrected chi connectivity index (χ2v) is 5.22. The van der Waals surface area contributed by atoms with Crippen molar-refractivity contribution in [1.82, 2.24) is 0 Å². The molecular formula is C18H26O2. The summed E-state index contributed by atoms with van der Waals surface area (Å²) in [5.74, 6) is 1.06. The quantitative estimate of drug-likeness (QED) is 0.742. The number of ketones is 1. The topological polar surface area (TPSA) is 26.3 Å². The van der Waals surface area contributed by atoms with Crippen LogP contribution in [0.4, 0.5) is 0 Å². The van der Waals surface area contributed by atoms with Gasteiger partial charge >= 0.3 is 0 Å². The maximum Gasteiger partial charge on any atom is 0.136 e. The Morgan fingerprint density at radius 3 is 2.60 bits per heavy atom. The average molecular weight is 274 g/mol. The Labute approximate surface area is 122 Å². The van der Waals surface area contributed by atoms with Gasteiger partial charge in [0.25, 0.3) is 0 Å². The predicted molar refractivity (Wildman–Crippen MR) is 84.2 cm³/mol. The van der Waals surface area contributed by atoms with E-state index in [1.807, 2.05) is 31.2 Å². The van der Waals surface area contributed by atoms with Gasteiger partial charge in [0.05, 0.1) is 7.11 Å². The van der Waals surface area contributed by atoms with Crippen LogP contribution in [0.1, 0.15) is 51.5 Å². The number of carbonyl (C=O) groups is 1. The van der Waals surface area contributed by atoms with Crippen LogP contribution in [-0.2, 0) is 11.2 Å². The molecule has 0 aliphatic heterocycles. The number of ether oxygens (including phenoxy) is 1. The standard InChI is InChI=1S/C11H14O2.C7H12/c1-3-10(12)7-9-5-4-6-11(8-9)13-2;1-7-5-3-2-4-6-7/h4-6,8H,3,7H2,1-2H3;5H,2-4,6H2,1H3. The van der Waals surface area contributed by atoms with E-state index >= 15 is 0 Å². The maximum absolute atomic E-state index is 11.1. The summed E-state index contributed by atoms with van der Waals surface area (Å²) in [5.41, 5.74) is 2.61. The molecule has 1 aliphatic rings. The number of Topliss-reactive ketones (excluding diaryl/α,β-unsaturated/α-hetero) is 1. The highest BCUT2D eigenvalue weighted by Crippen LogP contribution is 2.15. The van der Waals surface area contributed by atoms with Gasteiger partial charge in [0.1, 0.15) is 11.5 Å². The molecule has 0 saturated heterocycles. The molecule has 0 atom stereocenters. The minimum Gasteiger partial charge on any atom is -0.497 e. The first-order valence-electron chi connectivity index (χ1n) is 7.46. The number of hydrogen-bond acceptors (Lipinski definition) is 2. The van der Waals surface area contributed by atoms with Gasteiger partial charge in [0.15, 0.2) is 0 Å². The maximum atomic E-state index is 11.1. The molecule has 1 aliphatic carbocycles. The Bertz CT molecular complexity index is 446. The van der Waals surface area contributed by atoms with Gasteiger partial charge in [-0.3, -0.25) is 4.79 Å². The molecule has 20 heavy (non-hydrogen) atoms. The number of carbonyl (C=O) groups excluding carboxylic acids is 1. The van der Waals surface area contributed by atoms with Crippen LogP contribution in [-0.4, -0.2) is 12.9 Å². The van der Waals surface area contributed by atoms with Gasteiger partial charge < -0.3 is 4.74 Å². The fourth-order valence-corrected chi connectivity index (χ4v) is 2.13. The van der Waals surface area contributed by atoms with Crippen molar-refractivity contribution in [2.75, 3.05) is 7.11 Å². The Morgan fingerprint density at radius 2 is 2.10 bits per heavy atom. The SMILES string of the molecule is CC1=CCCCC1.CCC(=O)Cc1cccc(OC)c1. The molecule has 1 aromatic rings. The van der Waals surface area contributed by atoms with E-state index in [4.69, 9.17) is 4.74 Å². The van der Waals surface area contributed by atoms with Gasteiger partial charge in [-0.05, 0) is 50.3 Å². The van der Waals surface area contributed by atoms with E-state index in [9.17, 15) is 4.79 Å². The predicted octanol–water partition coefficient (Wildman–Crippen LogP) is 4.72. The van der Waals surface area contributed by atoms with Gasteiger partial charge in [0, 0.05) is 12.8 Å².